The highest BCUT2D eigenvalue weighted by Gasteiger charge is 2.01. The van der Waals surface area contributed by atoms with Crippen LogP contribution < -0.4 is 5.73 Å². The monoisotopic (exact) mass is 244 g/mol. The number of thioether (sulfide) groups is 1. The van der Waals surface area contributed by atoms with E-state index in [0.29, 0.717) is 0 Å². The first-order valence-electron chi connectivity index (χ1n) is 5.54. The van der Waals surface area contributed by atoms with Crippen molar-refractivity contribution in [2.45, 2.75) is 24.5 Å². The van der Waals surface area contributed by atoms with Gasteiger partial charge in [-0.25, -0.2) is 0 Å². The van der Waals surface area contributed by atoms with Gasteiger partial charge < -0.3 is 5.73 Å². The van der Waals surface area contributed by atoms with Crippen LogP contribution in [-0.2, 0) is 5.75 Å². The van der Waals surface area contributed by atoms with Gasteiger partial charge in [0.25, 0.3) is 0 Å². The lowest BCUT2D eigenvalue weighted by Crippen LogP contribution is -1.90. The molecule has 2 N–H and O–H groups in total. The van der Waals surface area contributed by atoms with Crippen LogP contribution in [-0.4, -0.2) is 4.98 Å². The van der Waals surface area contributed by atoms with Crippen LogP contribution >= 0.6 is 11.8 Å². The van der Waals surface area contributed by atoms with Gasteiger partial charge in [-0.2, -0.15) is 0 Å². The number of benzene rings is 1. The molecule has 0 saturated heterocycles. The summed E-state index contributed by atoms with van der Waals surface area (Å²) in [7, 11) is 0. The summed E-state index contributed by atoms with van der Waals surface area (Å²) >= 11 is 1.76. The van der Waals surface area contributed by atoms with E-state index in [2.05, 4.69) is 31.0 Å². The van der Waals surface area contributed by atoms with Gasteiger partial charge in [0.2, 0.25) is 0 Å². The van der Waals surface area contributed by atoms with Crippen LogP contribution in [0.1, 0.15) is 16.7 Å². The standard InChI is InChI=1S/C14H16N2S/c1-10-3-4-13(15)14(6-10)17-9-12-5-11(2)7-16-8-12/h3-8H,9,15H2,1-2H3. The summed E-state index contributed by atoms with van der Waals surface area (Å²) in [5.74, 6) is 0.905. The van der Waals surface area contributed by atoms with Gasteiger partial charge >= 0.3 is 0 Å². The number of rotatable bonds is 3. The molecule has 1 aromatic heterocycles. The van der Waals surface area contributed by atoms with E-state index in [1.165, 1.54) is 16.7 Å². The molecule has 0 unspecified atom stereocenters. The molecule has 2 nitrogen and oxygen atoms in total. The number of nitrogens with zero attached hydrogens (tertiary/aromatic N) is 1. The van der Waals surface area contributed by atoms with Crippen LogP contribution in [0, 0.1) is 13.8 Å². The third-order valence-electron chi connectivity index (χ3n) is 2.49. The highest BCUT2D eigenvalue weighted by molar-refractivity contribution is 7.98. The Morgan fingerprint density at radius 1 is 1.12 bits per heavy atom. The van der Waals surface area contributed by atoms with Crippen LogP contribution in [0.4, 0.5) is 5.69 Å². The number of anilines is 1. The first-order chi connectivity index (χ1) is 8.15. The van der Waals surface area contributed by atoms with Crippen LogP contribution in [0.15, 0.2) is 41.6 Å². The number of hydrogen-bond donors (Lipinski definition) is 1. The molecule has 0 aliphatic carbocycles. The van der Waals surface area contributed by atoms with E-state index in [9.17, 15) is 0 Å². The number of nitrogens with two attached hydrogens (primary N) is 1. The number of aromatic nitrogens is 1. The first-order valence-corrected chi connectivity index (χ1v) is 6.53. The second-order valence-corrected chi connectivity index (χ2v) is 5.22. The molecule has 1 aromatic carbocycles. The van der Waals surface area contributed by atoms with Crippen LogP contribution in [0.5, 0.6) is 0 Å². The topological polar surface area (TPSA) is 38.9 Å². The molecule has 17 heavy (non-hydrogen) atoms. The van der Waals surface area contributed by atoms with Crippen molar-refractivity contribution in [3.63, 3.8) is 0 Å². The Morgan fingerprint density at radius 2 is 1.94 bits per heavy atom. The van der Waals surface area contributed by atoms with E-state index >= 15 is 0 Å². The molecule has 0 fully saturated rings. The molecule has 0 saturated carbocycles. The molecule has 2 aromatic rings. The minimum atomic E-state index is 0.848. The summed E-state index contributed by atoms with van der Waals surface area (Å²) < 4.78 is 0. The smallest absolute Gasteiger partial charge is 0.0452 e. The van der Waals surface area contributed by atoms with Gasteiger partial charge in [-0.15, -0.1) is 11.8 Å². The van der Waals surface area contributed by atoms with E-state index in [4.69, 9.17) is 5.73 Å². The molecule has 3 heteroatoms. The molecular weight excluding hydrogens is 228 g/mol. The largest absolute Gasteiger partial charge is 0.398 e. The highest BCUT2D eigenvalue weighted by Crippen LogP contribution is 2.28. The molecular formula is C14H16N2S. The molecule has 0 aliphatic heterocycles. The average molecular weight is 244 g/mol. The molecule has 0 spiro atoms. The minimum Gasteiger partial charge on any atom is -0.398 e. The lowest BCUT2D eigenvalue weighted by atomic mass is 10.2. The lowest BCUT2D eigenvalue weighted by Gasteiger charge is -2.06. The van der Waals surface area contributed by atoms with Gasteiger partial charge in [0.1, 0.15) is 0 Å². The second kappa shape index (κ2) is 5.23. The van der Waals surface area contributed by atoms with E-state index < -0.39 is 0 Å². The van der Waals surface area contributed by atoms with Crippen LogP contribution in [0.3, 0.4) is 0 Å². The summed E-state index contributed by atoms with van der Waals surface area (Å²) in [6.45, 7) is 4.14. The Morgan fingerprint density at radius 3 is 2.71 bits per heavy atom. The van der Waals surface area contributed by atoms with Crippen LogP contribution in [0.2, 0.25) is 0 Å². The van der Waals surface area contributed by atoms with Crippen molar-refractivity contribution in [3.05, 3.63) is 53.3 Å². The van der Waals surface area contributed by atoms with Gasteiger partial charge in [-0.3, -0.25) is 4.98 Å². The molecule has 0 bridgehead atoms. The van der Waals surface area contributed by atoms with E-state index in [1.54, 1.807) is 11.8 Å². The van der Waals surface area contributed by atoms with Gasteiger partial charge in [-0.05, 0) is 42.7 Å². The van der Waals surface area contributed by atoms with Gasteiger partial charge in [0, 0.05) is 28.7 Å². The number of pyridine rings is 1. The predicted molar refractivity (Wildman–Crippen MR) is 74.1 cm³/mol. The number of hydrogen-bond acceptors (Lipinski definition) is 3. The van der Waals surface area contributed by atoms with Crippen LogP contribution in [0.25, 0.3) is 0 Å². The molecule has 0 radical (unpaired) electrons. The fourth-order valence-corrected chi connectivity index (χ4v) is 2.61. The maximum Gasteiger partial charge on any atom is 0.0452 e. The van der Waals surface area contributed by atoms with E-state index in [1.807, 2.05) is 24.5 Å². The summed E-state index contributed by atoms with van der Waals surface area (Å²) in [6.07, 6.45) is 3.78. The SMILES string of the molecule is Cc1cncc(CSc2cc(C)ccc2N)c1. The maximum atomic E-state index is 5.95. The van der Waals surface area contributed by atoms with Crippen molar-refractivity contribution >= 4 is 17.4 Å². The normalized spacial score (nSPS) is 10.5. The quantitative estimate of drug-likeness (QED) is 0.662. The van der Waals surface area contributed by atoms with Gasteiger partial charge in [0.05, 0.1) is 0 Å². The minimum absolute atomic E-state index is 0.848. The van der Waals surface area contributed by atoms with Crippen molar-refractivity contribution in [2.75, 3.05) is 5.73 Å². The zero-order chi connectivity index (χ0) is 12.3. The number of nitrogen functional groups attached to an aromatic ring is 1. The Balaban J connectivity index is 2.09. The molecule has 0 aliphatic rings. The third-order valence-corrected chi connectivity index (χ3v) is 3.64. The van der Waals surface area contributed by atoms with E-state index in [-0.39, 0.29) is 0 Å². The fourth-order valence-electron chi connectivity index (χ4n) is 1.62. The Bertz CT molecular complexity index is 523. The summed E-state index contributed by atoms with van der Waals surface area (Å²) in [5, 5.41) is 0. The second-order valence-electron chi connectivity index (χ2n) is 4.20. The van der Waals surface area contributed by atoms with Gasteiger partial charge in [-0.1, -0.05) is 12.1 Å². The summed E-state index contributed by atoms with van der Waals surface area (Å²) in [4.78, 5) is 5.34. The summed E-state index contributed by atoms with van der Waals surface area (Å²) in [6, 6.07) is 8.29. The number of aryl methyl sites for hydroxylation is 2. The van der Waals surface area contributed by atoms with Gasteiger partial charge in [0.15, 0.2) is 0 Å². The third kappa shape index (κ3) is 3.24. The summed E-state index contributed by atoms with van der Waals surface area (Å²) in [5.41, 5.74) is 10.5. The average Bonchev–Trinajstić information content (AvgIpc) is 2.30. The molecule has 0 amide bonds. The fraction of sp³-hybridized carbons (Fsp3) is 0.214. The molecule has 88 valence electrons. The Kier molecular flexibility index (Phi) is 3.69. The molecule has 1 heterocycles. The Labute approximate surface area is 106 Å². The zero-order valence-corrected chi connectivity index (χ0v) is 10.9. The van der Waals surface area contributed by atoms with Crippen molar-refractivity contribution in [1.29, 1.82) is 0 Å². The molecule has 2 rings (SSSR count). The lowest BCUT2D eigenvalue weighted by molar-refractivity contribution is 1.20. The van der Waals surface area contributed by atoms with Crippen molar-refractivity contribution in [2.24, 2.45) is 0 Å². The molecule has 0 atom stereocenters. The highest BCUT2D eigenvalue weighted by atomic mass is 32.2. The Hall–Kier alpha value is -1.48. The maximum absolute atomic E-state index is 5.95. The van der Waals surface area contributed by atoms with E-state index in [0.717, 1.165) is 16.3 Å². The van der Waals surface area contributed by atoms with Crippen molar-refractivity contribution in [3.8, 4) is 0 Å². The first kappa shape index (κ1) is 12.0. The van der Waals surface area contributed by atoms with Crippen molar-refractivity contribution < 1.29 is 0 Å². The predicted octanol–water partition coefficient (Wildman–Crippen LogP) is 3.57. The van der Waals surface area contributed by atoms with Crippen molar-refractivity contribution in [1.82, 2.24) is 4.98 Å². The zero-order valence-electron chi connectivity index (χ0n) is 10.1.